The highest BCUT2D eigenvalue weighted by molar-refractivity contribution is 6.00. The van der Waals surface area contributed by atoms with Crippen molar-refractivity contribution in [1.82, 2.24) is 10.2 Å². The molecule has 1 aromatic carbocycles. The summed E-state index contributed by atoms with van der Waals surface area (Å²) in [5.74, 6) is 0.980. The van der Waals surface area contributed by atoms with Crippen molar-refractivity contribution in [3.63, 3.8) is 0 Å². The molecular formula is C15H23N3O3. The minimum absolute atomic E-state index is 0.170. The molecule has 1 amide bonds. The Labute approximate surface area is 125 Å². The summed E-state index contributed by atoms with van der Waals surface area (Å²) in [6.45, 7) is 8.10. The highest BCUT2D eigenvalue weighted by Gasteiger charge is 2.19. The number of fused-ring (bicyclic) bond motifs is 1. The summed E-state index contributed by atoms with van der Waals surface area (Å²) in [5, 5.41) is 2.89. The smallest absolute Gasteiger partial charge is 0.253 e. The summed E-state index contributed by atoms with van der Waals surface area (Å²) in [6, 6.07) is 3.27. The molecule has 1 aliphatic heterocycles. The lowest BCUT2D eigenvalue weighted by molar-refractivity contribution is 0.0952. The van der Waals surface area contributed by atoms with Gasteiger partial charge in [-0.1, -0.05) is 13.8 Å². The molecule has 0 unspecified atom stereocenters. The lowest BCUT2D eigenvalue weighted by atomic mass is 10.1. The van der Waals surface area contributed by atoms with Crippen molar-refractivity contribution < 1.29 is 14.3 Å². The van der Waals surface area contributed by atoms with Gasteiger partial charge in [-0.05, 0) is 32.1 Å². The summed E-state index contributed by atoms with van der Waals surface area (Å²) in [5.41, 5.74) is 6.72. The van der Waals surface area contributed by atoms with Crippen LogP contribution in [0.5, 0.6) is 11.5 Å². The van der Waals surface area contributed by atoms with Gasteiger partial charge in [0.2, 0.25) is 6.79 Å². The average Bonchev–Trinajstić information content (AvgIpc) is 2.93. The Morgan fingerprint density at radius 3 is 2.62 bits per heavy atom. The molecule has 21 heavy (non-hydrogen) atoms. The molecule has 116 valence electrons. The summed E-state index contributed by atoms with van der Waals surface area (Å²) in [4.78, 5) is 14.5. The third-order valence-electron chi connectivity index (χ3n) is 3.62. The zero-order valence-electron chi connectivity index (χ0n) is 12.6. The first-order valence-corrected chi connectivity index (χ1v) is 7.35. The summed E-state index contributed by atoms with van der Waals surface area (Å²) in [6.07, 6.45) is 0.915. The molecule has 3 N–H and O–H groups in total. The van der Waals surface area contributed by atoms with E-state index in [0.717, 1.165) is 26.1 Å². The number of carbonyl (C=O) groups excluding carboxylic acids is 1. The molecule has 6 nitrogen and oxygen atoms in total. The molecule has 2 rings (SSSR count). The maximum atomic E-state index is 12.1. The average molecular weight is 293 g/mol. The largest absolute Gasteiger partial charge is 0.454 e. The molecule has 0 saturated heterocycles. The van der Waals surface area contributed by atoms with Crippen molar-refractivity contribution in [2.45, 2.75) is 20.3 Å². The number of anilines is 1. The van der Waals surface area contributed by atoms with Gasteiger partial charge in [0.25, 0.3) is 5.91 Å². The summed E-state index contributed by atoms with van der Waals surface area (Å²) in [7, 11) is 0. The Balaban J connectivity index is 1.86. The number of carbonyl (C=O) groups is 1. The van der Waals surface area contributed by atoms with Gasteiger partial charge in [0, 0.05) is 18.3 Å². The van der Waals surface area contributed by atoms with Gasteiger partial charge in [-0.15, -0.1) is 0 Å². The summed E-state index contributed by atoms with van der Waals surface area (Å²) >= 11 is 0. The van der Waals surface area contributed by atoms with E-state index in [4.69, 9.17) is 15.2 Å². The third-order valence-corrected chi connectivity index (χ3v) is 3.62. The second-order valence-corrected chi connectivity index (χ2v) is 4.93. The van der Waals surface area contributed by atoms with Gasteiger partial charge >= 0.3 is 0 Å². The molecule has 1 aliphatic rings. The van der Waals surface area contributed by atoms with Crippen LogP contribution in [0.2, 0.25) is 0 Å². The van der Waals surface area contributed by atoms with Crippen molar-refractivity contribution in [2.75, 3.05) is 38.7 Å². The van der Waals surface area contributed by atoms with Crippen LogP contribution in [0.3, 0.4) is 0 Å². The maximum Gasteiger partial charge on any atom is 0.253 e. The van der Waals surface area contributed by atoms with E-state index in [1.165, 1.54) is 0 Å². The van der Waals surface area contributed by atoms with E-state index in [-0.39, 0.29) is 12.7 Å². The number of rotatable bonds is 7. The first-order valence-electron chi connectivity index (χ1n) is 7.35. The number of hydrogen-bond donors (Lipinski definition) is 2. The van der Waals surface area contributed by atoms with Crippen molar-refractivity contribution in [3.8, 4) is 11.5 Å². The normalized spacial score (nSPS) is 12.7. The molecule has 0 aliphatic carbocycles. The Kier molecular flexibility index (Phi) is 5.27. The molecule has 0 spiro atoms. The molecule has 6 heteroatoms. The monoisotopic (exact) mass is 293 g/mol. The van der Waals surface area contributed by atoms with Gasteiger partial charge in [0.05, 0.1) is 5.56 Å². The van der Waals surface area contributed by atoms with Gasteiger partial charge in [0.1, 0.15) is 0 Å². The van der Waals surface area contributed by atoms with Gasteiger partial charge < -0.3 is 25.4 Å². The van der Waals surface area contributed by atoms with E-state index in [2.05, 4.69) is 24.1 Å². The van der Waals surface area contributed by atoms with Crippen LogP contribution in [0.4, 0.5) is 5.69 Å². The number of ether oxygens (including phenoxy) is 2. The van der Waals surface area contributed by atoms with Crippen LogP contribution in [0.15, 0.2) is 12.1 Å². The van der Waals surface area contributed by atoms with Crippen LogP contribution < -0.4 is 20.5 Å². The lowest BCUT2D eigenvalue weighted by Crippen LogP contribution is -2.30. The highest BCUT2D eigenvalue weighted by atomic mass is 16.7. The number of nitrogens with two attached hydrogens (primary N) is 1. The summed E-state index contributed by atoms with van der Waals surface area (Å²) < 4.78 is 10.5. The van der Waals surface area contributed by atoms with Gasteiger partial charge in [-0.25, -0.2) is 0 Å². The molecule has 0 saturated carbocycles. The third kappa shape index (κ3) is 3.78. The van der Waals surface area contributed by atoms with Crippen molar-refractivity contribution in [1.29, 1.82) is 0 Å². The predicted octanol–water partition coefficient (Wildman–Crippen LogP) is 1.46. The topological polar surface area (TPSA) is 76.8 Å². The second-order valence-electron chi connectivity index (χ2n) is 4.93. The Bertz CT molecular complexity index is 501. The van der Waals surface area contributed by atoms with E-state index in [0.29, 0.717) is 29.3 Å². The zero-order valence-corrected chi connectivity index (χ0v) is 12.6. The molecule has 0 atom stereocenters. The first kappa shape index (κ1) is 15.4. The van der Waals surface area contributed by atoms with E-state index in [1.54, 1.807) is 12.1 Å². The number of benzene rings is 1. The van der Waals surface area contributed by atoms with Gasteiger partial charge in [-0.3, -0.25) is 4.79 Å². The SMILES string of the molecule is CCN(CC)CCCNC(=O)c1cc2c(cc1N)OCO2. The highest BCUT2D eigenvalue weighted by Crippen LogP contribution is 2.35. The zero-order chi connectivity index (χ0) is 15.2. The number of nitrogen functional groups attached to an aromatic ring is 1. The lowest BCUT2D eigenvalue weighted by Gasteiger charge is -2.17. The number of hydrogen-bond acceptors (Lipinski definition) is 5. The quantitative estimate of drug-likeness (QED) is 0.588. The number of nitrogens with one attached hydrogen (secondary N) is 1. The fourth-order valence-corrected chi connectivity index (χ4v) is 2.29. The van der Waals surface area contributed by atoms with Crippen LogP contribution in [-0.4, -0.2) is 43.8 Å². The van der Waals surface area contributed by atoms with E-state index >= 15 is 0 Å². The van der Waals surface area contributed by atoms with Crippen molar-refractivity contribution in [2.24, 2.45) is 0 Å². The van der Waals surface area contributed by atoms with Crippen molar-refractivity contribution in [3.05, 3.63) is 17.7 Å². The predicted molar refractivity (Wildman–Crippen MR) is 81.7 cm³/mol. The van der Waals surface area contributed by atoms with Crippen molar-refractivity contribution >= 4 is 11.6 Å². The van der Waals surface area contributed by atoms with Crippen LogP contribution in [-0.2, 0) is 0 Å². The van der Waals surface area contributed by atoms with E-state index in [9.17, 15) is 4.79 Å². The maximum absolute atomic E-state index is 12.1. The van der Waals surface area contributed by atoms with Gasteiger partial charge in [-0.2, -0.15) is 0 Å². The Morgan fingerprint density at radius 1 is 1.29 bits per heavy atom. The van der Waals surface area contributed by atoms with Crippen LogP contribution in [0.1, 0.15) is 30.6 Å². The molecule has 0 aromatic heterocycles. The first-order chi connectivity index (χ1) is 10.2. The van der Waals surface area contributed by atoms with Crippen LogP contribution in [0.25, 0.3) is 0 Å². The Morgan fingerprint density at radius 2 is 1.95 bits per heavy atom. The van der Waals surface area contributed by atoms with Gasteiger partial charge in [0.15, 0.2) is 11.5 Å². The fraction of sp³-hybridized carbons (Fsp3) is 0.533. The van der Waals surface area contributed by atoms with E-state index < -0.39 is 0 Å². The van der Waals surface area contributed by atoms with E-state index in [1.807, 2.05) is 0 Å². The standard InChI is InChI=1S/C15H23N3O3/c1-3-18(4-2)7-5-6-17-15(19)11-8-13-14(9-12(11)16)21-10-20-13/h8-9H,3-7,10,16H2,1-2H3,(H,17,19). The van der Waals surface area contributed by atoms with Crippen LogP contribution in [0, 0.1) is 0 Å². The van der Waals surface area contributed by atoms with Crippen LogP contribution >= 0.6 is 0 Å². The minimum atomic E-state index is -0.176. The minimum Gasteiger partial charge on any atom is -0.454 e. The number of nitrogens with zero attached hydrogens (tertiary/aromatic N) is 1. The molecule has 1 heterocycles. The fourth-order valence-electron chi connectivity index (χ4n) is 2.29. The molecule has 0 fully saturated rings. The second kappa shape index (κ2) is 7.17. The number of amides is 1. The molecule has 0 radical (unpaired) electrons. The molecule has 0 bridgehead atoms. The molecular weight excluding hydrogens is 270 g/mol. The Hall–Kier alpha value is -1.95. The molecule has 1 aromatic rings.